The van der Waals surface area contributed by atoms with Crippen LogP contribution in [0.25, 0.3) is 0 Å². The first kappa shape index (κ1) is 47.4. The molecule has 9 aliphatic rings. The van der Waals surface area contributed by atoms with Crippen molar-refractivity contribution in [3.05, 3.63) is 25.3 Å². The highest BCUT2D eigenvalue weighted by atomic mass is 16.5. The number of nitrogens with zero attached hydrogens (tertiary/aromatic N) is 2. The Morgan fingerprint density at radius 3 is 1.26 bits per heavy atom. The second-order valence-electron chi connectivity index (χ2n) is 22.9. The number of hydrogen-bond acceptors (Lipinski definition) is 10. The third-order valence-corrected chi connectivity index (χ3v) is 19.7. The van der Waals surface area contributed by atoms with Crippen LogP contribution in [0.5, 0.6) is 0 Å². The lowest BCUT2D eigenvalue weighted by Crippen LogP contribution is -2.40. The van der Waals surface area contributed by atoms with Crippen LogP contribution < -0.4 is 0 Å². The van der Waals surface area contributed by atoms with Crippen LogP contribution in [0.2, 0.25) is 0 Å². The molecule has 2 amide bonds. The first-order valence-electron chi connectivity index (χ1n) is 26.4. The van der Waals surface area contributed by atoms with Crippen LogP contribution in [0.4, 0.5) is 0 Å². The second-order valence-corrected chi connectivity index (χ2v) is 22.9. The normalized spacial score (nSPS) is 39.2. The number of amides is 2. The van der Waals surface area contributed by atoms with Crippen molar-refractivity contribution in [3.63, 3.8) is 0 Å². The lowest BCUT2D eigenvalue weighted by molar-refractivity contribution is -0.147. The summed E-state index contributed by atoms with van der Waals surface area (Å²) in [6.07, 6.45) is 17.4. The van der Waals surface area contributed by atoms with Gasteiger partial charge < -0.3 is 28.7 Å². The van der Waals surface area contributed by atoms with Crippen molar-refractivity contribution in [3.8, 4) is 0 Å². The quantitative estimate of drug-likeness (QED) is 0.0603. The monoisotopic (exact) mass is 915 g/mol. The summed E-state index contributed by atoms with van der Waals surface area (Å²) in [5.41, 5.74) is 0. The minimum Gasteiger partial charge on any atom is -0.465 e. The van der Waals surface area contributed by atoms with Crippen molar-refractivity contribution in [2.24, 2.45) is 107 Å². The van der Waals surface area contributed by atoms with Gasteiger partial charge in [0.05, 0.1) is 39.3 Å². The molecule has 0 heterocycles. The molecule has 0 aromatic carbocycles. The van der Waals surface area contributed by atoms with Crippen LogP contribution in [0.3, 0.4) is 0 Å². The minimum absolute atomic E-state index is 0.0944. The Labute approximate surface area is 393 Å². The van der Waals surface area contributed by atoms with Gasteiger partial charge in [0.2, 0.25) is 11.8 Å². The van der Waals surface area contributed by atoms with E-state index in [0.717, 1.165) is 57.8 Å². The van der Waals surface area contributed by atoms with Crippen molar-refractivity contribution >= 4 is 35.7 Å². The van der Waals surface area contributed by atoms with Crippen LogP contribution in [-0.2, 0) is 47.7 Å². The molecule has 9 rings (SSSR count). The Hall–Kier alpha value is -3.70. The molecule has 0 radical (unpaired) electrons. The van der Waals surface area contributed by atoms with E-state index in [4.69, 9.17) is 18.9 Å². The van der Waals surface area contributed by atoms with Crippen molar-refractivity contribution in [2.75, 3.05) is 52.6 Å². The fourth-order valence-corrected chi connectivity index (χ4v) is 17.2. The summed E-state index contributed by atoms with van der Waals surface area (Å²) in [7, 11) is 0. The molecular formula is C54H78N2O10. The number of ether oxygens (including phenoxy) is 4. The van der Waals surface area contributed by atoms with E-state index in [1.54, 1.807) is 0 Å². The molecule has 0 spiro atoms. The Morgan fingerprint density at radius 1 is 0.439 bits per heavy atom. The van der Waals surface area contributed by atoms with Gasteiger partial charge in [-0.15, -0.1) is 0 Å². The first-order valence-corrected chi connectivity index (χ1v) is 26.4. The highest BCUT2D eigenvalue weighted by molar-refractivity contribution is 5.81. The summed E-state index contributed by atoms with van der Waals surface area (Å²) in [5, 5.41) is 0. The van der Waals surface area contributed by atoms with Gasteiger partial charge in [0.15, 0.2) is 0 Å². The maximum absolute atomic E-state index is 13.3. The Morgan fingerprint density at radius 2 is 0.818 bits per heavy atom. The minimum atomic E-state index is -0.345. The predicted octanol–water partition coefficient (Wildman–Crippen LogP) is 7.68. The molecule has 12 heteroatoms. The van der Waals surface area contributed by atoms with Crippen LogP contribution in [-0.4, -0.2) is 98.1 Å². The Kier molecular flexibility index (Phi) is 14.7. The van der Waals surface area contributed by atoms with Crippen LogP contribution >= 0.6 is 0 Å². The van der Waals surface area contributed by atoms with E-state index >= 15 is 0 Å². The average molecular weight is 915 g/mol. The first-order chi connectivity index (χ1) is 31.9. The summed E-state index contributed by atoms with van der Waals surface area (Å²) < 4.78 is 22.6. The number of fused-ring (bicyclic) bond motifs is 15. The molecule has 0 aliphatic heterocycles. The SMILES string of the molecule is C=CC(=O)OCC1CC2CC1C1CC(COC(=O)CCN(CC3CC4C5CC(CN(CCC(=O)OCC6CC7C8CC(COC(=O)C=C)C(C8)C7C6)C(=O)CC)C(C5)C4C3)C(=O)CC)CC21. The van der Waals surface area contributed by atoms with E-state index in [1.807, 2.05) is 23.6 Å². The molecule has 0 saturated heterocycles. The lowest BCUT2D eigenvalue weighted by Gasteiger charge is -2.35. The highest BCUT2D eigenvalue weighted by Crippen LogP contribution is 2.64. The molecule has 9 saturated carbocycles. The van der Waals surface area contributed by atoms with Gasteiger partial charge in [0, 0.05) is 51.2 Å². The van der Waals surface area contributed by atoms with Crippen molar-refractivity contribution in [1.82, 2.24) is 9.80 Å². The van der Waals surface area contributed by atoms with Crippen LogP contribution in [0, 0.1) is 107 Å². The third kappa shape index (κ3) is 9.91. The molecular weight excluding hydrogens is 837 g/mol. The largest absolute Gasteiger partial charge is 0.465 e. The van der Waals surface area contributed by atoms with E-state index < -0.39 is 0 Å². The molecule has 18 atom stereocenters. The zero-order chi connectivity index (χ0) is 46.2. The Balaban J connectivity index is 0.686. The third-order valence-electron chi connectivity index (χ3n) is 19.7. The van der Waals surface area contributed by atoms with Gasteiger partial charge in [-0.2, -0.15) is 0 Å². The molecule has 364 valence electrons. The molecule has 6 bridgehead atoms. The number of carbonyl (C=O) groups is 6. The number of esters is 4. The fourth-order valence-electron chi connectivity index (χ4n) is 17.2. The number of hydrogen-bond donors (Lipinski definition) is 0. The molecule has 9 aliphatic carbocycles. The maximum atomic E-state index is 13.3. The number of rotatable bonds is 22. The van der Waals surface area contributed by atoms with Crippen LogP contribution in [0.15, 0.2) is 25.3 Å². The lowest BCUT2D eigenvalue weighted by atomic mass is 9.75. The number of carbonyl (C=O) groups excluding carboxylic acids is 6. The molecule has 0 N–H and O–H groups in total. The van der Waals surface area contributed by atoms with E-state index in [1.165, 1.54) is 31.4 Å². The smallest absolute Gasteiger partial charge is 0.330 e. The topological polar surface area (TPSA) is 146 Å². The summed E-state index contributed by atoms with van der Waals surface area (Å²) in [6.45, 7) is 14.9. The average Bonchev–Trinajstić information content (AvgIpc) is 4.18. The van der Waals surface area contributed by atoms with Gasteiger partial charge in [-0.25, -0.2) is 9.59 Å². The van der Waals surface area contributed by atoms with Crippen LogP contribution in [0.1, 0.15) is 117 Å². The summed E-state index contributed by atoms with van der Waals surface area (Å²) in [5.74, 6) is 9.19. The zero-order valence-electron chi connectivity index (χ0n) is 39.9. The molecule has 12 nitrogen and oxygen atoms in total. The van der Waals surface area contributed by atoms with Crippen molar-refractivity contribution < 1.29 is 47.7 Å². The summed E-state index contributed by atoms with van der Waals surface area (Å²) in [4.78, 5) is 79.9. The molecule has 0 aromatic heterocycles. The second kappa shape index (κ2) is 20.5. The Bertz CT molecular complexity index is 1850. The van der Waals surface area contributed by atoms with Gasteiger partial charge in [-0.3, -0.25) is 19.2 Å². The van der Waals surface area contributed by atoms with Gasteiger partial charge in [0.1, 0.15) is 0 Å². The van der Waals surface area contributed by atoms with Crippen molar-refractivity contribution in [2.45, 2.75) is 117 Å². The molecule has 66 heavy (non-hydrogen) atoms. The zero-order valence-corrected chi connectivity index (χ0v) is 39.9. The van der Waals surface area contributed by atoms with Gasteiger partial charge in [-0.05, 0) is 184 Å². The molecule has 18 unspecified atom stereocenters. The van der Waals surface area contributed by atoms with E-state index in [9.17, 15) is 28.8 Å². The summed E-state index contributed by atoms with van der Waals surface area (Å²) >= 11 is 0. The molecule has 9 fully saturated rings. The van der Waals surface area contributed by atoms with E-state index in [2.05, 4.69) is 13.2 Å². The predicted molar refractivity (Wildman–Crippen MR) is 245 cm³/mol. The van der Waals surface area contributed by atoms with Gasteiger partial charge in [0.25, 0.3) is 0 Å². The summed E-state index contributed by atoms with van der Waals surface area (Å²) in [6, 6.07) is 0. The van der Waals surface area contributed by atoms with Crippen molar-refractivity contribution in [1.29, 1.82) is 0 Å². The maximum Gasteiger partial charge on any atom is 0.330 e. The van der Waals surface area contributed by atoms with Gasteiger partial charge >= 0.3 is 23.9 Å². The standard InChI is InChI=1S/C54H78N2O10/c1-5-49(57)55(11-9-53(61)63-27-32-15-41-35-20-38(29-65-51(59)7-3)44(23-35)47(41)17-32)25-31-13-40-34-19-37(43(22-34)46(40)14-31)26-56(50(58)6-2)12-10-54(62)64-28-33-16-42-36-21-39(30-66-52(60)8-4)45(24-36)48(42)18-33/h7-8,31-48H,3-6,9-30H2,1-2H3. The molecule has 0 aromatic rings. The van der Waals surface area contributed by atoms with Gasteiger partial charge in [-0.1, -0.05) is 27.0 Å². The fraction of sp³-hybridized carbons (Fsp3) is 0.815. The highest BCUT2D eigenvalue weighted by Gasteiger charge is 2.58. The van der Waals surface area contributed by atoms with E-state index in [-0.39, 0.29) is 48.5 Å². The van der Waals surface area contributed by atoms with E-state index in [0.29, 0.717) is 172 Å².